The lowest BCUT2D eigenvalue weighted by molar-refractivity contribution is -0.155. The van der Waals surface area contributed by atoms with E-state index in [1.54, 1.807) is 37.4 Å². The summed E-state index contributed by atoms with van der Waals surface area (Å²) < 4.78 is 14.0. The number of phenols is 1. The highest BCUT2D eigenvalue weighted by atomic mass is 16.5. The molecule has 1 unspecified atom stereocenters. The van der Waals surface area contributed by atoms with Crippen LogP contribution in [0.3, 0.4) is 0 Å². The van der Waals surface area contributed by atoms with Gasteiger partial charge in [-0.25, -0.2) is 5.43 Å². The van der Waals surface area contributed by atoms with Crippen molar-refractivity contribution in [3.8, 4) is 28.1 Å². The number of likely N-dealkylation sites (tertiary alicyclic amines) is 1. The summed E-state index contributed by atoms with van der Waals surface area (Å²) in [6, 6.07) is 10.5. The SMILES string of the molecule is CCn1c(-c2cnccc2COC)c2c3cc(ccc31)-c1cc(O)cc(c1)C[C@H](NC(=O)C(C(C)C)N(C)C(=O)[C@H]1CCN(C(=O)C(C)C)C1)C(=O)N1CCC[C@H](N1)C(=O)OCC(C)(C)C2. The van der Waals surface area contributed by atoms with Crippen molar-refractivity contribution in [2.75, 3.05) is 40.4 Å². The van der Waals surface area contributed by atoms with Crippen LogP contribution in [0.15, 0.2) is 54.9 Å². The Morgan fingerprint density at radius 1 is 1.05 bits per heavy atom. The summed E-state index contributed by atoms with van der Waals surface area (Å²) >= 11 is 0. The quantitative estimate of drug-likeness (QED) is 0.163. The number of cyclic esters (lactones) is 1. The van der Waals surface area contributed by atoms with Crippen molar-refractivity contribution >= 4 is 40.5 Å². The first-order valence-corrected chi connectivity index (χ1v) is 23.4. The van der Waals surface area contributed by atoms with Gasteiger partial charge in [0, 0.05) is 87.0 Å². The smallest absolute Gasteiger partial charge is 0.324 e. The van der Waals surface area contributed by atoms with Crippen LogP contribution in [0.2, 0.25) is 0 Å². The van der Waals surface area contributed by atoms with E-state index in [4.69, 9.17) is 9.47 Å². The number of amides is 4. The van der Waals surface area contributed by atoms with Crippen molar-refractivity contribution in [2.24, 2.45) is 23.2 Å². The van der Waals surface area contributed by atoms with Crippen LogP contribution in [0.1, 0.15) is 84.4 Å². The number of nitrogens with one attached hydrogen (secondary N) is 2. The molecule has 2 aromatic carbocycles. The van der Waals surface area contributed by atoms with E-state index in [0.29, 0.717) is 50.9 Å². The van der Waals surface area contributed by atoms with E-state index in [2.05, 4.69) is 53.2 Å². The number of hydrazine groups is 1. The first-order chi connectivity index (χ1) is 31.4. The van der Waals surface area contributed by atoms with Crippen molar-refractivity contribution in [2.45, 2.75) is 112 Å². The normalized spacial score (nSPS) is 20.6. The first-order valence-electron chi connectivity index (χ1n) is 23.4. The van der Waals surface area contributed by atoms with Gasteiger partial charge in [0.05, 0.1) is 24.8 Å². The number of hydrogen-bond acceptors (Lipinski definition) is 10. The number of likely N-dealkylation sites (N-methyl/N-ethyl adjacent to an activating group) is 1. The molecule has 6 bridgehead atoms. The van der Waals surface area contributed by atoms with Crippen LogP contribution in [-0.4, -0.2) is 118 Å². The molecule has 2 fully saturated rings. The minimum atomic E-state index is -1.15. The van der Waals surface area contributed by atoms with Crippen molar-refractivity contribution in [1.82, 2.24) is 35.1 Å². The van der Waals surface area contributed by atoms with Crippen LogP contribution in [0.5, 0.6) is 5.75 Å². The largest absolute Gasteiger partial charge is 0.508 e. The molecule has 0 saturated carbocycles. The van der Waals surface area contributed by atoms with Crippen LogP contribution in [0.4, 0.5) is 0 Å². The zero-order chi connectivity index (χ0) is 47.6. The average Bonchev–Trinajstić information content (AvgIpc) is 3.89. The number of ether oxygens (including phenoxy) is 2. The van der Waals surface area contributed by atoms with Crippen LogP contribution in [0, 0.1) is 23.2 Å². The fourth-order valence-electron chi connectivity index (χ4n) is 10.1. The van der Waals surface area contributed by atoms with Gasteiger partial charge in [0.2, 0.25) is 17.7 Å². The molecule has 0 radical (unpaired) electrons. The molecule has 3 aliphatic rings. The first kappa shape index (κ1) is 48.1. The monoisotopic (exact) mass is 906 g/mol. The molecule has 354 valence electrons. The van der Waals surface area contributed by atoms with Crippen molar-refractivity contribution in [1.29, 1.82) is 0 Å². The maximum atomic E-state index is 14.7. The zero-order valence-electron chi connectivity index (χ0n) is 40.0. The number of phenolic OH excluding ortho intramolecular Hbond substituents is 1. The lowest BCUT2D eigenvalue weighted by Gasteiger charge is -2.37. The summed E-state index contributed by atoms with van der Waals surface area (Å²) in [5.41, 5.74) is 9.77. The summed E-state index contributed by atoms with van der Waals surface area (Å²) in [5, 5.41) is 16.7. The molecule has 3 aliphatic heterocycles. The second kappa shape index (κ2) is 20.0. The Balaban J connectivity index is 1.29. The highest BCUT2D eigenvalue weighted by Crippen LogP contribution is 2.41. The maximum Gasteiger partial charge on any atom is 0.324 e. The third kappa shape index (κ3) is 10.1. The molecule has 3 N–H and O–H groups in total. The second-order valence-corrected chi connectivity index (χ2v) is 19.7. The number of esters is 1. The molecule has 2 aromatic heterocycles. The highest BCUT2D eigenvalue weighted by molar-refractivity contribution is 5.96. The number of pyridine rings is 1. The van der Waals surface area contributed by atoms with Crippen molar-refractivity contribution in [3.63, 3.8) is 0 Å². The Kier molecular flexibility index (Phi) is 14.6. The lowest BCUT2D eigenvalue weighted by atomic mass is 9.84. The van der Waals surface area contributed by atoms with E-state index >= 15 is 0 Å². The van der Waals surface area contributed by atoms with E-state index in [-0.39, 0.29) is 55.5 Å². The molecule has 5 heterocycles. The fraction of sp³-hybridized carbons (Fsp3) is 0.529. The second-order valence-electron chi connectivity index (χ2n) is 19.7. The number of carbonyl (C=O) groups excluding carboxylic acids is 5. The Hall–Kier alpha value is -5.80. The average molecular weight is 906 g/mol. The van der Waals surface area contributed by atoms with Gasteiger partial charge < -0.3 is 34.3 Å². The summed E-state index contributed by atoms with van der Waals surface area (Å²) in [7, 11) is 3.28. The third-order valence-corrected chi connectivity index (χ3v) is 13.3. The number of rotatable bonds is 10. The van der Waals surface area contributed by atoms with Gasteiger partial charge in [-0.15, -0.1) is 0 Å². The molecule has 66 heavy (non-hydrogen) atoms. The number of aromatic nitrogens is 2. The Morgan fingerprint density at radius 2 is 1.82 bits per heavy atom. The molecule has 0 spiro atoms. The molecule has 4 amide bonds. The van der Waals surface area contributed by atoms with Gasteiger partial charge in [0.25, 0.3) is 5.91 Å². The van der Waals surface area contributed by atoms with Crippen molar-refractivity contribution < 1.29 is 38.6 Å². The fourth-order valence-corrected chi connectivity index (χ4v) is 10.1. The Labute approximate surface area is 388 Å². The predicted molar refractivity (Wildman–Crippen MR) is 252 cm³/mol. The summed E-state index contributed by atoms with van der Waals surface area (Å²) in [6.45, 7) is 15.8. The molecule has 0 aliphatic carbocycles. The number of aromatic hydroxyl groups is 1. The number of methoxy groups -OCH3 is 1. The number of aryl methyl sites for hydroxylation is 1. The van der Waals surface area contributed by atoms with Crippen LogP contribution in [-0.2, 0) is 59.4 Å². The molecule has 15 heteroatoms. The predicted octanol–water partition coefficient (Wildman–Crippen LogP) is 5.88. The number of nitrogens with zero attached hydrogens (tertiary/aromatic N) is 5. The molecule has 4 aromatic rings. The van der Waals surface area contributed by atoms with Gasteiger partial charge in [-0.3, -0.25) is 34.0 Å². The van der Waals surface area contributed by atoms with E-state index in [1.165, 1.54) is 9.91 Å². The van der Waals surface area contributed by atoms with E-state index in [1.807, 2.05) is 52.1 Å². The highest BCUT2D eigenvalue weighted by Gasteiger charge is 2.40. The molecular weight excluding hydrogens is 839 g/mol. The molecule has 2 saturated heterocycles. The van der Waals surface area contributed by atoms with Crippen LogP contribution < -0.4 is 10.7 Å². The van der Waals surface area contributed by atoms with E-state index in [9.17, 15) is 29.1 Å². The topological polar surface area (TPSA) is 176 Å². The van der Waals surface area contributed by atoms with Crippen molar-refractivity contribution in [3.05, 3.63) is 71.5 Å². The summed E-state index contributed by atoms with van der Waals surface area (Å²) in [6.07, 6.45) is 5.64. The summed E-state index contributed by atoms with van der Waals surface area (Å²) in [5.74, 6) is -2.70. The minimum Gasteiger partial charge on any atom is -0.508 e. The maximum absolute atomic E-state index is 14.7. The Morgan fingerprint density at radius 3 is 2.53 bits per heavy atom. The standard InChI is InChI=1S/C51H67N7O8/c1-10-57-43-14-13-33-24-38(43)39(45(57)40-26-52-17-15-35(40)28-65-9)25-51(6,7)29-66-50(64)41-12-11-18-58(54-41)49(63)42(22-32-20-36(33)23-37(59)21-32)53-46(60)44(30(2)3)55(8)48(62)34-16-19-56(27-34)47(61)31(4)5/h13-15,17,20-21,23-24,26,30-31,34,41-42,44,54,59H,10-12,16,18-19,22,25,27-29H2,1-9H3,(H,53,60)/t34-,41-,42-,44?/m0/s1. The lowest BCUT2D eigenvalue weighted by Crippen LogP contribution is -2.62. The van der Waals surface area contributed by atoms with Gasteiger partial charge >= 0.3 is 5.97 Å². The zero-order valence-corrected chi connectivity index (χ0v) is 40.0. The number of fused-ring (bicyclic) bond motifs is 6. The van der Waals surface area contributed by atoms with E-state index in [0.717, 1.165) is 44.4 Å². The number of carbonyl (C=O) groups is 5. The number of benzene rings is 2. The Bertz CT molecular complexity index is 2480. The molecule has 4 atom stereocenters. The van der Waals surface area contributed by atoms with Gasteiger partial charge in [-0.2, -0.15) is 0 Å². The van der Waals surface area contributed by atoms with Gasteiger partial charge in [-0.05, 0) is 96.7 Å². The summed E-state index contributed by atoms with van der Waals surface area (Å²) in [4.78, 5) is 77.6. The minimum absolute atomic E-state index is 0.00202. The molecule has 15 nitrogen and oxygen atoms in total. The third-order valence-electron chi connectivity index (χ3n) is 13.3. The number of hydrogen-bond donors (Lipinski definition) is 3. The molecular formula is C51H67N7O8. The van der Waals surface area contributed by atoms with E-state index < -0.39 is 47.2 Å². The van der Waals surface area contributed by atoms with Gasteiger partial charge in [-0.1, -0.05) is 53.7 Å². The molecule has 7 rings (SSSR count). The van der Waals surface area contributed by atoms with Gasteiger partial charge in [0.15, 0.2) is 0 Å². The van der Waals surface area contributed by atoms with Crippen LogP contribution >= 0.6 is 0 Å². The van der Waals surface area contributed by atoms with Gasteiger partial charge in [0.1, 0.15) is 23.9 Å². The van der Waals surface area contributed by atoms with Crippen LogP contribution in [0.25, 0.3) is 33.3 Å².